The van der Waals surface area contributed by atoms with Crippen molar-refractivity contribution >= 4 is 54.8 Å². The second-order valence-corrected chi connectivity index (χ2v) is 7.29. The number of hydrogen-bond donors (Lipinski definition) is 0. The fraction of sp³-hybridized carbons (Fsp3) is 0.286. The van der Waals surface area contributed by atoms with Gasteiger partial charge < -0.3 is 0 Å². The van der Waals surface area contributed by atoms with E-state index in [1.54, 1.807) is 0 Å². The minimum atomic E-state index is 0.606. The Labute approximate surface area is 134 Å². The molecule has 2 rings (SSSR count). The fourth-order valence-electron chi connectivity index (χ4n) is 1.92. The van der Waals surface area contributed by atoms with E-state index in [0.29, 0.717) is 5.92 Å². The summed E-state index contributed by atoms with van der Waals surface area (Å²) in [5.41, 5.74) is 1.31. The van der Waals surface area contributed by atoms with Crippen LogP contribution in [-0.4, -0.2) is 5.33 Å². The first-order valence-corrected chi connectivity index (χ1v) is 8.88. The van der Waals surface area contributed by atoms with Gasteiger partial charge in [-0.25, -0.2) is 0 Å². The Morgan fingerprint density at radius 2 is 2.06 bits per heavy atom. The van der Waals surface area contributed by atoms with Crippen molar-refractivity contribution in [2.75, 3.05) is 5.33 Å². The van der Waals surface area contributed by atoms with Crippen LogP contribution in [0.25, 0.3) is 0 Å². The van der Waals surface area contributed by atoms with Gasteiger partial charge in [0.1, 0.15) is 0 Å². The summed E-state index contributed by atoms with van der Waals surface area (Å²) in [6.45, 7) is 0. The van der Waals surface area contributed by atoms with Crippen molar-refractivity contribution in [3.63, 3.8) is 0 Å². The summed E-state index contributed by atoms with van der Waals surface area (Å²) >= 11 is 15.0. The van der Waals surface area contributed by atoms with E-state index in [2.05, 4.69) is 55.4 Å². The number of thiophene rings is 1. The van der Waals surface area contributed by atoms with Gasteiger partial charge in [-0.1, -0.05) is 39.7 Å². The molecule has 0 aliphatic carbocycles. The fourth-order valence-corrected chi connectivity index (χ4v) is 4.16. The topological polar surface area (TPSA) is 0 Å². The Morgan fingerprint density at radius 1 is 1.22 bits per heavy atom. The number of halogens is 3. The molecule has 0 nitrogen and oxygen atoms in total. The average Bonchev–Trinajstić information content (AvgIpc) is 2.74. The van der Waals surface area contributed by atoms with Crippen molar-refractivity contribution in [3.8, 4) is 0 Å². The Kier molecular flexibility index (Phi) is 5.74. The molecule has 0 amide bonds. The number of benzene rings is 1. The first-order chi connectivity index (χ1) is 8.67. The Hall–Kier alpha value is 0.170. The van der Waals surface area contributed by atoms with E-state index in [1.165, 1.54) is 14.9 Å². The Morgan fingerprint density at radius 3 is 2.67 bits per heavy atom. The molecule has 0 N–H and O–H groups in total. The lowest BCUT2D eigenvalue weighted by Crippen LogP contribution is -2.09. The van der Waals surface area contributed by atoms with Gasteiger partial charge in [0.25, 0.3) is 0 Å². The minimum absolute atomic E-state index is 0.606. The van der Waals surface area contributed by atoms with Crippen LogP contribution in [0, 0.1) is 5.92 Å². The molecule has 0 fully saturated rings. The number of rotatable bonds is 5. The highest BCUT2D eigenvalue weighted by molar-refractivity contribution is 9.10. The maximum atomic E-state index is 6.02. The molecular weight excluding hydrogens is 395 g/mol. The van der Waals surface area contributed by atoms with Crippen LogP contribution >= 0.6 is 54.8 Å². The molecule has 1 aromatic heterocycles. The molecule has 1 unspecified atom stereocenters. The summed E-state index contributed by atoms with van der Waals surface area (Å²) < 4.78 is 1.18. The Balaban J connectivity index is 2.01. The lowest BCUT2D eigenvalue weighted by molar-refractivity contribution is 0.596. The zero-order chi connectivity index (χ0) is 13.0. The maximum Gasteiger partial charge on any atom is 0.0408 e. The molecule has 4 heteroatoms. The van der Waals surface area contributed by atoms with Crippen molar-refractivity contribution in [3.05, 3.63) is 55.6 Å². The molecule has 1 heterocycles. The summed E-state index contributed by atoms with van der Waals surface area (Å²) in [7, 11) is 0. The van der Waals surface area contributed by atoms with Crippen LogP contribution in [0.2, 0.25) is 5.02 Å². The van der Waals surface area contributed by atoms with E-state index < -0.39 is 0 Å². The van der Waals surface area contributed by atoms with Gasteiger partial charge in [0.05, 0.1) is 0 Å². The third-order valence-electron chi connectivity index (χ3n) is 2.74. The van der Waals surface area contributed by atoms with Crippen LogP contribution in [0.3, 0.4) is 0 Å². The predicted molar refractivity (Wildman–Crippen MR) is 88.2 cm³/mol. The highest BCUT2D eigenvalue weighted by atomic mass is 79.9. The van der Waals surface area contributed by atoms with Crippen molar-refractivity contribution in [2.45, 2.75) is 12.8 Å². The van der Waals surface area contributed by atoms with Crippen LogP contribution in [0.5, 0.6) is 0 Å². The number of hydrogen-bond acceptors (Lipinski definition) is 1. The molecule has 1 atom stereocenters. The molecule has 0 aliphatic heterocycles. The van der Waals surface area contributed by atoms with Crippen molar-refractivity contribution < 1.29 is 0 Å². The van der Waals surface area contributed by atoms with Crippen LogP contribution in [-0.2, 0) is 12.8 Å². The first-order valence-electron chi connectivity index (χ1n) is 5.70. The average molecular weight is 409 g/mol. The van der Waals surface area contributed by atoms with Crippen LogP contribution in [0.1, 0.15) is 10.4 Å². The third-order valence-corrected chi connectivity index (χ3v) is 5.61. The summed E-state index contributed by atoms with van der Waals surface area (Å²) in [6, 6.07) is 10.3. The van der Waals surface area contributed by atoms with Gasteiger partial charge in [-0.3, -0.25) is 0 Å². The van der Waals surface area contributed by atoms with E-state index in [9.17, 15) is 0 Å². The standard InChI is InChI=1S/C14H13Br2ClS/c15-8-11(6-14-7-12(16)9-18-14)4-10-2-1-3-13(17)5-10/h1-3,5,7,9,11H,4,6,8H2. The largest absolute Gasteiger partial charge is 0.148 e. The minimum Gasteiger partial charge on any atom is -0.148 e. The molecule has 96 valence electrons. The highest BCUT2D eigenvalue weighted by Gasteiger charge is 2.11. The molecule has 0 spiro atoms. The molecule has 2 aromatic rings. The summed E-state index contributed by atoms with van der Waals surface area (Å²) in [6.07, 6.45) is 2.16. The Bertz CT molecular complexity index is 510. The van der Waals surface area contributed by atoms with Crippen LogP contribution in [0.4, 0.5) is 0 Å². The van der Waals surface area contributed by atoms with E-state index in [0.717, 1.165) is 23.2 Å². The third kappa shape index (κ3) is 4.37. The first kappa shape index (κ1) is 14.6. The molecule has 0 saturated heterocycles. The molecule has 1 aromatic carbocycles. The molecule has 0 aliphatic rings. The lowest BCUT2D eigenvalue weighted by atomic mass is 9.97. The van der Waals surface area contributed by atoms with Gasteiger partial charge in [-0.2, -0.15) is 0 Å². The van der Waals surface area contributed by atoms with Gasteiger partial charge in [-0.15, -0.1) is 11.3 Å². The maximum absolute atomic E-state index is 6.02. The summed E-state index contributed by atoms with van der Waals surface area (Å²) in [5.74, 6) is 0.606. The smallest absolute Gasteiger partial charge is 0.0408 e. The van der Waals surface area contributed by atoms with E-state index in [1.807, 2.05) is 23.5 Å². The highest BCUT2D eigenvalue weighted by Crippen LogP contribution is 2.25. The van der Waals surface area contributed by atoms with Gasteiger partial charge in [0, 0.05) is 25.1 Å². The van der Waals surface area contributed by atoms with Crippen LogP contribution in [0.15, 0.2) is 40.2 Å². The quantitative estimate of drug-likeness (QED) is 0.536. The molecule has 0 saturated carbocycles. The lowest BCUT2D eigenvalue weighted by Gasteiger charge is -2.13. The predicted octanol–water partition coefficient (Wildman–Crippen LogP) is 5.96. The van der Waals surface area contributed by atoms with Crippen molar-refractivity contribution in [2.24, 2.45) is 5.92 Å². The molecule has 18 heavy (non-hydrogen) atoms. The van der Waals surface area contributed by atoms with Gasteiger partial charge >= 0.3 is 0 Å². The molecule has 0 bridgehead atoms. The molecule has 0 radical (unpaired) electrons. The number of alkyl halides is 1. The van der Waals surface area contributed by atoms with Crippen molar-refractivity contribution in [1.29, 1.82) is 0 Å². The van der Waals surface area contributed by atoms with Crippen LogP contribution < -0.4 is 0 Å². The SMILES string of the molecule is Clc1cccc(CC(CBr)Cc2cc(Br)cs2)c1. The van der Waals surface area contributed by atoms with Gasteiger partial charge in [-0.05, 0) is 58.5 Å². The van der Waals surface area contributed by atoms with E-state index in [-0.39, 0.29) is 0 Å². The zero-order valence-electron chi connectivity index (χ0n) is 9.70. The van der Waals surface area contributed by atoms with Gasteiger partial charge in [0.2, 0.25) is 0 Å². The van der Waals surface area contributed by atoms with E-state index >= 15 is 0 Å². The zero-order valence-corrected chi connectivity index (χ0v) is 14.4. The van der Waals surface area contributed by atoms with E-state index in [4.69, 9.17) is 11.6 Å². The normalized spacial score (nSPS) is 12.6. The van der Waals surface area contributed by atoms with Crippen molar-refractivity contribution in [1.82, 2.24) is 0 Å². The summed E-state index contributed by atoms with van der Waals surface area (Å²) in [5, 5.41) is 3.97. The van der Waals surface area contributed by atoms with Gasteiger partial charge in [0.15, 0.2) is 0 Å². The second-order valence-electron chi connectivity index (χ2n) is 4.29. The summed E-state index contributed by atoms with van der Waals surface area (Å²) in [4.78, 5) is 1.42. The monoisotopic (exact) mass is 406 g/mol. The molecular formula is C14H13Br2ClS. The second kappa shape index (κ2) is 7.09.